The number of carbonyl (C=O) groups is 1. The van der Waals surface area contributed by atoms with E-state index in [0.29, 0.717) is 0 Å². The molecule has 0 heterocycles. The topological polar surface area (TPSA) is 82.3 Å². The lowest BCUT2D eigenvalue weighted by Gasteiger charge is -2.01. The highest BCUT2D eigenvalue weighted by Gasteiger charge is 2.11. The van der Waals surface area contributed by atoms with E-state index in [1.807, 2.05) is 0 Å². The van der Waals surface area contributed by atoms with Crippen molar-refractivity contribution < 1.29 is 14.7 Å². The summed E-state index contributed by atoms with van der Waals surface area (Å²) >= 11 is 0. The van der Waals surface area contributed by atoms with Crippen molar-refractivity contribution in [3.8, 4) is 11.9 Å². The minimum absolute atomic E-state index is 0.00486. The lowest BCUT2D eigenvalue weighted by Crippen LogP contribution is -2.14. The SMILES string of the molecule is N#CNOC(=O)c1ccccc1O. The van der Waals surface area contributed by atoms with Crippen LogP contribution in [0, 0.1) is 11.5 Å². The van der Waals surface area contributed by atoms with Crippen LogP contribution in [0.15, 0.2) is 24.3 Å². The van der Waals surface area contributed by atoms with Gasteiger partial charge in [-0.15, -0.1) is 0 Å². The molecule has 66 valence electrons. The Morgan fingerprint density at radius 1 is 1.54 bits per heavy atom. The third kappa shape index (κ3) is 2.10. The number of nitrogens with zero attached hydrogens (tertiary/aromatic N) is 1. The van der Waals surface area contributed by atoms with E-state index in [1.165, 1.54) is 18.3 Å². The Morgan fingerprint density at radius 2 is 2.23 bits per heavy atom. The summed E-state index contributed by atoms with van der Waals surface area (Å²) in [6, 6.07) is 5.88. The first-order valence-electron chi connectivity index (χ1n) is 3.39. The van der Waals surface area contributed by atoms with Crippen molar-refractivity contribution in [1.82, 2.24) is 5.48 Å². The zero-order chi connectivity index (χ0) is 9.68. The fourth-order valence-electron chi connectivity index (χ4n) is 0.770. The smallest absolute Gasteiger partial charge is 0.367 e. The zero-order valence-corrected chi connectivity index (χ0v) is 6.52. The van der Waals surface area contributed by atoms with Gasteiger partial charge in [-0.1, -0.05) is 12.1 Å². The zero-order valence-electron chi connectivity index (χ0n) is 6.52. The number of phenolic OH excluding ortho intramolecular Hbond substituents is 1. The summed E-state index contributed by atoms with van der Waals surface area (Å²) in [4.78, 5) is 15.3. The molecule has 2 N–H and O–H groups in total. The van der Waals surface area contributed by atoms with Gasteiger partial charge in [0.25, 0.3) is 0 Å². The Morgan fingerprint density at radius 3 is 2.85 bits per heavy atom. The number of hydroxylamine groups is 1. The monoisotopic (exact) mass is 178 g/mol. The molecule has 0 amide bonds. The number of hydrogen-bond donors (Lipinski definition) is 2. The van der Waals surface area contributed by atoms with Crippen LogP contribution in [-0.2, 0) is 4.84 Å². The first-order chi connectivity index (χ1) is 6.25. The summed E-state index contributed by atoms with van der Waals surface area (Å²) in [5.74, 6) is -0.994. The van der Waals surface area contributed by atoms with Crippen LogP contribution in [0.2, 0.25) is 0 Å². The molecular formula is C8H6N2O3. The number of nitrogens with one attached hydrogen (secondary N) is 1. The molecule has 0 saturated heterocycles. The molecule has 1 rings (SSSR count). The maximum absolute atomic E-state index is 11.0. The molecule has 0 aliphatic carbocycles. The molecule has 0 spiro atoms. The van der Waals surface area contributed by atoms with Crippen LogP contribution in [0.3, 0.4) is 0 Å². The molecule has 1 aromatic rings. The summed E-state index contributed by atoms with van der Waals surface area (Å²) in [5.41, 5.74) is 1.72. The summed E-state index contributed by atoms with van der Waals surface area (Å²) < 4.78 is 0. The summed E-state index contributed by atoms with van der Waals surface area (Å²) in [7, 11) is 0. The molecule has 0 aliphatic heterocycles. The Bertz CT molecular complexity index is 357. The molecule has 0 saturated carbocycles. The van der Waals surface area contributed by atoms with Crippen molar-refractivity contribution in [1.29, 1.82) is 5.26 Å². The highest BCUT2D eigenvalue weighted by Crippen LogP contribution is 2.15. The Kier molecular flexibility index (Phi) is 2.71. The highest BCUT2D eigenvalue weighted by molar-refractivity contribution is 5.92. The van der Waals surface area contributed by atoms with Crippen molar-refractivity contribution >= 4 is 5.97 Å². The second-order valence-electron chi connectivity index (χ2n) is 2.12. The van der Waals surface area contributed by atoms with E-state index in [4.69, 9.17) is 10.4 Å². The fraction of sp³-hybridized carbons (Fsp3) is 0. The first-order valence-corrected chi connectivity index (χ1v) is 3.39. The van der Waals surface area contributed by atoms with Crippen molar-refractivity contribution in [2.75, 3.05) is 0 Å². The second kappa shape index (κ2) is 3.97. The van der Waals surface area contributed by atoms with Gasteiger partial charge in [-0.25, -0.2) is 4.79 Å². The number of aromatic hydroxyl groups is 1. The van der Waals surface area contributed by atoms with Crippen molar-refractivity contribution in [3.63, 3.8) is 0 Å². The molecule has 5 heteroatoms. The van der Waals surface area contributed by atoms with Crippen LogP contribution in [0.1, 0.15) is 10.4 Å². The van der Waals surface area contributed by atoms with E-state index in [2.05, 4.69) is 4.84 Å². The molecule has 0 bridgehead atoms. The van der Waals surface area contributed by atoms with Gasteiger partial charge in [0.05, 0.1) is 0 Å². The highest BCUT2D eigenvalue weighted by atomic mass is 16.7. The van der Waals surface area contributed by atoms with Gasteiger partial charge < -0.3 is 9.94 Å². The lowest BCUT2D eigenvalue weighted by molar-refractivity contribution is 0.0361. The lowest BCUT2D eigenvalue weighted by atomic mass is 10.2. The average Bonchev–Trinajstić information content (AvgIpc) is 2.15. The Labute approximate surface area is 74.1 Å². The van der Waals surface area contributed by atoms with Crippen LogP contribution in [0.5, 0.6) is 5.75 Å². The number of rotatable bonds is 2. The van der Waals surface area contributed by atoms with Crippen LogP contribution >= 0.6 is 0 Å². The van der Waals surface area contributed by atoms with E-state index in [1.54, 1.807) is 17.6 Å². The minimum Gasteiger partial charge on any atom is -0.507 e. The van der Waals surface area contributed by atoms with Crippen LogP contribution in [-0.4, -0.2) is 11.1 Å². The molecule has 13 heavy (non-hydrogen) atoms. The van der Waals surface area contributed by atoms with Crippen molar-refractivity contribution in [2.45, 2.75) is 0 Å². The number of benzene rings is 1. The number of para-hydroxylation sites is 1. The number of phenols is 1. The predicted octanol–water partition coefficient (Wildman–Crippen LogP) is 0.535. The standard InChI is InChI=1S/C8H6N2O3/c9-5-10-13-8(12)6-3-1-2-4-7(6)11/h1-4,10-11H. The summed E-state index contributed by atoms with van der Waals surface area (Å²) in [5, 5.41) is 17.2. The average molecular weight is 178 g/mol. The summed E-state index contributed by atoms with van der Waals surface area (Å²) in [6.07, 6.45) is 1.41. The van der Waals surface area contributed by atoms with E-state index in [0.717, 1.165) is 0 Å². The van der Waals surface area contributed by atoms with Crippen LogP contribution in [0.25, 0.3) is 0 Å². The predicted molar refractivity (Wildman–Crippen MR) is 42.3 cm³/mol. The molecule has 0 unspecified atom stereocenters. The van der Waals surface area contributed by atoms with Gasteiger partial charge in [-0.3, -0.25) is 0 Å². The molecule has 0 atom stereocenters. The number of carbonyl (C=O) groups excluding carboxylic acids is 1. The number of hydrogen-bond acceptors (Lipinski definition) is 5. The van der Waals surface area contributed by atoms with Gasteiger partial charge in [0, 0.05) is 0 Å². The maximum atomic E-state index is 11.0. The van der Waals surface area contributed by atoms with Gasteiger partial charge >= 0.3 is 5.97 Å². The normalized spacial score (nSPS) is 8.54. The Hall–Kier alpha value is -2.22. The Balaban J connectivity index is 2.78. The van der Waals surface area contributed by atoms with Crippen molar-refractivity contribution in [3.05, 3.63) is 29.8 Å². The molecule has 1 aromatic carbocycles. The van der Waals surface area contributed by atoms with Gasteiger partial charge in [0.15, 0.2) is 0 Å². The van der Waals surface area contributed by atoms with Gasteiger partial charge in [0.1, 0.15) is 11.3 Å². The quantitative estimate of drug-likeness (QED) is 0.392. The van der Waals surface area contributed by atoms with Gasteiger partial charge in [0.2, 0.25) is 6.19 Å². The van der Waals surface area contributed by atoms with Crippen LogP contribution in [0.4, 0.5) is 0 Å². The van der Waals surface area contributed by atoms with Gasteiger partial charge in [-0.2, -0.15) is 10.7 Å². The largest absolute Gasteiger partial charge is 0.507 e. The molecule has 0 fully saturated rings. The molecule has 0 aromatic heterocycles. The van der Waals surface area contributed by atoms with Gasteiger partial charge in [-0.05, 0) is 12.1 Å². The maximum Gasteiger partial charge on any atom is 0.367 e. The van der Waals surface area contributed by atoms with E-state index >= 15 is 0 Å². The van der Waals surface area contributed by atoms with E-state index in [9.17, 15) is 4.79 Å². The fourth-order valence-corrected chi connectivity index (χ4v) is 0.770. The first kappa shape index (κ1) is 8.87. The minimum atomic E-state index is -0.806. The molecule has 0 aliphatic rings. The molecule has 0 radical (unpaired) electrons. The summed E-state index contributed by atoms with van der Waals surface area (Å²) in [6.45, 7) is 0. The molecular weight excluding hydrogens is 172 g/mol. The second-order valence-corrected chi connectivity index (χ2v) is 2.12. The number of nitriles is 1. The van der Waals surface area contributed by atoms with Crippen molar-refractivity contribution in [2.24, 2.45) is 0 Å². The van der Waals surface area contributed by atoms with E-state index in [-0.39, 0.29) is 11.3 Å². The van der Waals surface area contributed by atoms with E-state index < -0.39 is 5.97 Å². The third-order valence-corrected chi connectivity index (χ3v) is 1.31. The molecule has 5 nitrogen and oxygen atoms in total. The third-order valence-electron chi connectivity index (χ3n) is 1.31. The van der Waals surface area contributed by atoms with Crippen LogP contribution < -0.4 is 5.48 Å².